The van der Waals surface area contributed by atoms with Crippen LogP contribution >= 0.6 is 0 Å². The van der Waals surface area contributed by atoms with Gasteiger partial charge in [0.2, 0.25) is 0 Å². The molecule has 0 saturated carbocycles. The highest BCUT2D eigenvalue weighted by molar-refractivity contribution is 6.02. The standard InChI is InChI=1S/C27H24F3N3O3/c1-2-3-8-24-32-22-14-13-19(31)15-23(22)33(24)16-17-9-11-18(12-10-17)20-6-4-5-7-21(20)25(34)36-26(35)27(28,29)30/h4-7,9-15H,2-3,8,16,31H2,1H3. The second-order valence-electron chi connectivity index (χ2n) is 8.38. The first-order valence-corrected chi connectivity index (χ1v) is 11.4. The van der Waals surface area contributed by atoms with Gasteiger partial charge in [-0.1, -0.05) is 55.8 Å². The van der Waals surface area contributed by atoms with Gasteiger partial charge in [-0.2, -0.15) is 13.2 Å². The molecule has 186 valence electrons. The number of halogens is 3. The zero-order chi connectivity index (χ0) is 25.9. The predicted octanol–water partition coefficient (Wildman–Crippen LogP) is 5.92. The van der Waals surface area contributed by atoms with Gasteiger partial charge in [0.25, 0.3) is 0 Å². The van der Waals surface area contributed by atoms with Crippen LogP contribution in [-0.4, -0.2) is 27.7 Å². The molecule has 3 aromatic carbocycles. The molecule has 0 unspecified atom stereocenters. The van der Waals surface area contributed by atoms with Crippen molar-refractivity contribution >= 4 is 28.7 Å². The lowest BCUT2D eigenvalue weighted by atomic mass is 9.98. The Morgan fingerprint density at radius 3 is 2.44 bits per heavy atom. The van der Waals surface area contributed by atoms with Crippen molar-refractivity contribution in [3.63, 3.8) is 0 Å². The molecule has 4 aromatic rings. The summed E-state index contributed by atoms with van der Waals surface area (Å²) in [4.78, 5) is 28.2. The van der Waals surface area contributed by atoms with Crippen molar-refractivity contribution in [3.8, 4) is 11.1 Å². The van der Waals surface area contributed by atoms with Gasteiger partial charge in [0.05, 0.1) is 16.6 Å². The Balaban J connectivity index is 1.61. The van der Waals surface area contributed by atoms with Crippen LogP contribution in [0.3, 0.4) is 0 Å². The van der Waals surface area contributed by atoms with Crippen molar-refractivity contribution in [2.45, 2.75) is 38.9 Å². The van der Waals surface area contributed by atoms with Crippen LogP contribution in [-0.2, 0) is 22.5 Å². The fraction of sp³-hybridized carbons (Fsp3) is 0.222. The zero-order valence-corrected chi connectivity index (χ0v) is 19.5. The van der Waals surface area contributed by atoms with Gasteiger partial charge in [-0.3, -0.25) is 0 Å². The Labute approximate surface area is 205 Å². The van der Waals surface area contributed by atoms with Crippen LogP contribution in [0.25, 0.3) is 22.2 Å². The number of nitrogen functional groups attached to an aromatic ring is 1. The minimum Gasteiger partial charge on any atom is -0.399 e. The number of nitrogens with zero attached hydrogens (tertiary/aromatic N) is 2. The van der Waals surface area contributed by atoms with Crippen LogP contribution in [0.2, 0.25) is 0 Å². The number of benzene rings is 3. The summed E-state index contributed by atoms with van der Waals surface area (Å²) in [6.45, 7) is 2.67. The average Bonchev–Trinajstić information content (AvgIpc) is 3.18. The number of esters is 2. The van der Waals surface area contributed by atoms with E-state index in [0.717, 1.165) is 41.7 Å². The van der Waals surface area contributed by atoms with E-state index in [1.54, 1.807) is 24.3 Å². The maximum absolute atomic E-state index is 12.5. The molecule has 1 aromatic heterocycles. The molecule has 0 aliphatic rings. The van der Waals surface area contributed by atoms with Crippen molar-refractivity contribution in [1.29, 1.82) is 0 Å². The summed E-state index contributed by atoms with van der Waals surface area (Å²) < 4.78 is 43.7. The van der Waals surface area contributed by atoms with Crippen LogP contribution < -0.4 is 5.73 Å². The normalized spacial score (nSPS) is 11.6. The highest BCUT2D eigenvalue weighted by Crippen LogP contribution is 2.27. The number of aryl methyl sites for hydroxylation is 1. The third-order valence-electron chi connectivity index (χ3n) is 5.77. The van der Waals surface area contributed by atoms with Gasteiger partial charge in [0.1, 0.15) is 5.82 Å². The van der Waals surface area contributed by atoms with Crippen LogP contribution in [0.4, 0.5) is 18.9 Å². The highest BCUT2D eigenvalue weighted by Gasteiger charge is 2.42. The molecule has 0 amide bonds. The Kier molecular flexibility index (Phi) is 7.10. The first kappa shape index (κ1) is 25.0. The van der Waals surface area contributed by atoms with E-state index in [-0.39, 0.29) is 5.56 Å². The molecular weight excluding hydrogens is 471 g/mol. The van der Waals surface area contributed by atoms with Crippen LogP contribution in [0.5, 0.6) is 0 Å². The number of rotatable bonds is 7. The smallest absolute Gasteiger partial charge is 0.399 e. The van der Waals surface area contributed by atoms with Crippen LogP contribution in [0, 0.1) is 0 Å². The van der Waals surface area contributed by atoms with Gasteiger partial charge >= 0.3 is 18.1 Å². The number of carbonyl (C=O) groups excluding carboxylic acids is 2. The molecule has 2 N–H and O–H groups in total. The largest absolute Gasteiger partial charge is 0.491 e. The molecule has 0 aliphatic heterocycles. The number of alkyl halides is 3. The van der Waals surface area contributed by atoms with Crippen molar-refractivity contribution in [3.05, 3.63) is 83.7 Å². The number of nitrogens with two attached hydrogens (primary N) is 1. The molecule has 6 nitrogen and oxygen atoms in total. The number of anilines is 1. The van der Waals surface area contributed by atoms with E-state index >= 15 is 0 Å². The Hall–Kier alpha value is -4.14. The topological polar surface area (TPSA) is 87.2 Å². The highest BCUT2D eigenvalue weighted by atomic mass is 19.4. The molecule has 9 heteroatoms. The van der Waals surface area contributed by atoms with Crippen LogP contribution in [0.15, 0.2) is 66.7 Å². The maximum Gasteiger partial charge on any atom is 0.491 e. The zero-order valence-electron chi connectivity index (χ0n) is 19.5. The quantitative estimate of drug-likeness (QED) is 0.195. The van der Waals surface area contributed by atoms with Gasteiger partial charge < -0.3 is 15.0 Å². The van der Waals surface area contributed by atoms with Crippen molar-refractivity contribution in [2.24, 2.45) is 0 Å². The average molecular weight is 496 g/mol. The fourth-order valence-corrected chi connectivity index (χ4v) is 3.97. The summed E-state index contributed by atoms with van der Waals surface area (Å²) in [7, 11) is 0. The van der Waals surface area contributed by atoms with Gasteiger partial charge in [0, 0.05) is 18.7 Å². The van der Waals surface area contributed by atoms with E-state index in [9.17, 15) is 22.8 Å². The summed E-state index contributed by atoms with van der Waals surface area (Å²) in [5, 5.41) is 0. The van der Waals surface area contributed by atoms with E-state index in [2.05, 4.69) is 16.2 Å². The molecule has 0 spiro atoms. The third-order valence-corrected chi connectivity index (χ3v) is 5.77. The molecule has 4 rings (SSSR count). The molecule has 0 fully saturated rings. The van der Waals surface area contributed by atoms with Gasteiger partial charge in [0.15, 0.2) is 0 Å². The van der Waals surface area contributed by atoms with Gasteiger partial charge in [-0.25, -0.2) is 14.6 Å². The molecule has 0 atom stereocenters. The lowest BCUT2D eigenvalue weighted by Gasteiger charge is -2.12. The number of aromatic nitrogens is 2. The van der Waals surface area contributed by atoms with Crippen molar-refractivity contribution in [2.75, 3.05) is 5.73 Å². The van der Waals surface area contributed by atoms with E-state index in [1.165, 1.54) is 12.1 Å². The number of imidazole rings is 1. The molecule has 0 saturated heterocycles. The monoisotopic (exact) mass is 495 g/mol. The lowest BCUT2D eigenvalue weighted by Crippen LogP contribution is -2.28. The SMILES string of the molecule is CCCCc1nc2ccc(N)cc2n1Cc1ccc(-c2ccccc2C(=O)OC(=O)C(F)(F)F)cc1. The van der Waals surface area contributed by atoms with E-state index in [1.807, 2.05) is 30.3 Å². The molecule has 0 aliphatic carbocycles. The van der Waals surface area contributed by atoms with Crippen molar-refractivity contribution < 1.29 is 27.5 Å². The number of hydrogen-bond acceptors (Lipinski definition) is 5. The summed E-state index contributed by atoms with van der Waals surface area (Å²) in [5.74, 6) is -2.95. The first-order chi connectivity index (χ1) is 17.2. The molecule has 0 bridgehead atoms. The minimum atomic E-state index is -5.26. The molecule has 1 heterocycles. The summed E-state index contributed by atoms with van der Waals surface area (Å²) >= 11 is 0. The summed E-state index contributed by atoms with van der Waals surface area (Å²) in [6, 6.07) is 18.9. The maximum atomic E-state index is 12.5. The Morgan fingerprint density at radius 1 is 1.03 bits per heavy atom. The van der Waals surface area contributed by atoms with Crippen LogP contribution in [0.1, 0.15) is 41.5 Å². The number of fused-ring (bicyclic) bond motifs is 1. The Morgan fingerprint density at radius 2 is 1.75 bits per heavy atom. The minimum absolute atomic E-state index is 0.138. The van der Waals surface area contributed by atoms with E-state index in [0.29, 0.717) is 23.4 Å². The van der Waals surface area contributed by atoms with Gasteiger partial charge in [-0.05, 0) is 47.4 Å². The van der Waals surface area contributed by atoms with Gasteiger partial charge in [-0.15, -0.1) is 0 Å². The number of hydrogen-bond donors (Lipinski definition) is 1. The molecular formula is C27H24F3N3O3. The molecule has 36 heavy (non-hydrogen) atoms. The Bertz CT molecular complexity index is 1410. The number of ether oxygens (including phenoxy) is 1. The summed E-state index contributed by atoms with van der Waals surface area (Å²) in [6.07, 6.45) is -2.39. The summed E-state index contributed by atoms with van der Waals surface area (Å²) in [5.41, 5.74) is 10.2. The molecule has 0 radical (unpaired) electrons. The van der Waals surface area contributed by atoms with E-state index < -0.39 is 18.1 Å². The van der Waals surface area contributed by atoms with Crippen molar-refractivity contribution in [1.82, 2.24) is 9.55 Å². The lowest BCUT2D eigenvalue weighted by molar-refractivity contribution is -0.193. The second kappa shape index (κ2) is 10.2. The number of carbonyl (C=O) groups is 2. The van der Waals surface area contributed by atoms with E-state index in [4.69, 9.17) is 10.7 Å². The fourth-order valence-electron chi connectivity index (χ4n) is 3.97. The second-order valence-corrected chi connectivity index (χ2v) is 8.38. The first-order valence-electron chi connectivity index (χ1n) is 11.4. The predicted molar refractivity (Wildman–Crippen MR) is 130 cm³/mol. The third kappa shape index (κ3) is 5.40. The number of unbranched alkanes of at least 4 members (excludes halogenated alkanes) is 1.